The smallest absolute Gasteiger partial charge is 0.119 e. The van der Waals surface area contributed by atoms with Crippen LogP contribution in [0.15, 0.2) is 24.3 Å². The predicted molar refractivity (Wildman–Crippen MR) is 80.6 cm³/mol. The molecule has 2 nitrogen and oxygen atoms in total. The monoisotopic (exact) mass is 261 g/mol. The van der Waals surface area contributed by atoms with Crippen molar-refractivity contribution in [2.24, 2.45) is 5.92 Å². The van der Waals surface area contributed by atoms with Crippen molar-refractivity contribution in [3.8, 4) is 5.75 Å². The number of hydrogen-bond donors (Lipinski definition) is 1. The number of rotatable bonds is 5. The number of hydrogen-bond acceptors (Lipinski definition) is 2. The summed E-state index contributed by atoms with van der Waals surface area (Å²) in [4.78, 5) is 0. The van der Waals surface area contributed by atoms with E-state index in [0.717, 1.165) is 18.2 Å². The van der Waals surface area contributed by atoms with E-state index in [4.69, 9.17) is 4.74 Å². The summed E-state index contributed by atoms with van der Waals surface area (Å²) in [5.74, 6) is 1.90. The van der Waals surface area contributed by atoms with Gasteiger partial charge in [0.1, 0.15) is 5.75 Å². The molecule has 0 aromatic heterocycles. The van der Waals surface area contributed by atoms with Gasteiger partial charge in [0, 0.05) is 6.04 Å². The third-order valence-corrected chi connectivity index (χ3v) is 4.16. The molecular weight excluding hydrogens is 234 g/mol. The SMILES string of the molecule is CCNC(C)c1ccc(OC2CCC(C)CC2)cc1. The minimum Gasteiger partial charge on any atom is -0.490 e. The molecule has 1 aliphatic carbocycles. The standard InChI is InChI=1S/C17H27NO/c1-4-18-14(3)15-7-11-17(12-8-15)19-16-9-5-13(2)6-10-16/h7-8,11-14,16,18H,4-6,9-10H2,1-3H3. The van der Waals surface area contributed by atoms with Crippen LogP contribution in [0.25, 0.3) is 0 Å². The van der Waals surface area contributed by atoms with Crippen molar-refractivity contribution in [3.05, 3.63) is 29.8 Å². The van der Waals surface area contributed by atoms with Crippen LogP contribution in [0.3, 0.4) is 0 Å². The van der Waals surface area contributed by atoms with Crippen LogP contribution < -0.4 is 10.1 Å². The fourth-order valence-corrected chi connectivity index (χ4v) is 2.80. The summed E-state index contributed by atoms with van der Waals surface area (Å²) in [6.45, 7) is 7.67. The van der Waals surface area contributed by atoms with Crippen molar-refractivity contribution in [1.29, 1.82) is 0 Å². The van der Waals surface area contributed by atoms with E-state index in [1.807, 2.05) is 0 Å². The van der Waals surface area contributed by atoms with Crippen LogP contribution in [-0.2, 0) is 0 Å². The molecule has 19 heavy (non-hydrogen) atoms. The van der Waals surface area contributed by atoms with Crippen LogP contribution in [-0.4, -0.2) is 12.6 Å². The Hall–Kier alpha value is -1.02. The maximum atomic E-state index is 6.08. The second-order valence-corrected chi connectivity index (χ2v) is 5.85. The third kappa shape index (κ3) is 4.24. The molecule has 1 aromatic rings. The summed E-state index contributed by atoms with van der Waals surface area (Å²) in [6, 6.07) is 8.99. The van der Waals surface area contributed by atoms with Gasteiger partial charge in [-0.3, -0.25) is 0 Å². The van der Waals surface area contributed by atoms with Crippen molar-refractivity contribution < 1.29 is 4.74 Å². The highest BCUT2D eigenvalue weighted by Gasteiger charge is 2.19. The molecule has 106 valence electrons. The van der Waals surface area contributed by atoms with Gasteiger partial charge in [-0.15, -0.1) is 0 Å². The quantitative estimate of drug-likeness (QED) is 0.852. The van der Waals surface area contributed by atoms with E-state index in [-0.39, 0.29) is 0 Å². The van der Waals surface area contributed by atoms with Crippen molar-refractivity contribution in [2.45, 2.75) is 58.6 Å². The summed E-state index contributed by atoms with van der Waals surface area (Å²) in [5, 5.41) is 3.43. The van der Waals surface area contributed by atoms with E-state index >= 15 is 0 Å². The van der Waals surface area contributed by atoms with Crippen molar-refractivity contribution >= 4 is 0 Å². The van der Waals surface area contributed by atoms with E-state index < -0.39 is 0 Å². The minimum atomic E-state index is 0.412. The Morgan fingerprint density at radius 2 is 1.79 bits per heavy atom. The maximum absolute atomic E-state index is 6.08. The maximum Gasteiger partial charge on any atom is 0.119 e. The van der Waals surface area contributed by atoms with Crippen LogP contribution >= 0.6 is 0 Å². The third-order valence-electron chi connectivity index (χ3n) is 4.16. The minimum absolute atomic E-state index is 0.412. The molecule has 1 N–H and O–H groups in total. The zero-order valence-corrected chi connectivity index (χ0v) is 12.5. The second kappa shape index (κ2) is 6.95. The first-order chi connectivity index (χ1) is 9.19. The fraction of sp³-hybridized carbons (Fsp3) is 0.647. The van der Waals surface area contributed by atoms with Crippen molar-refractivity contribution in [1.82, 2.24) is 5.32 Å². The van der Waals surface area contributed by atoms with Crippen LogP contribution in [0.2, 0.25) is 0 Å². The van der Waals surface area contributed by atoms with Crippen LogP contribution in [0.4, 0.5) is 0 Å². The summed E-state index contributed by atoms with van der Waals surface area (Å²) >= 11 is 0. The first kappa shape index (κ1) is 14.4. The summed E-state index contributed by atoms with van der Waals surface area (Å²) < 4.78 is 6.08. The summed E-state index contributed by atoms with van der Waals surface area (Å²) in [6.07, 6.45) is 5.45. The average Bonchev–Trinajstić information content (AvgIpc) is 2.42. The Balaban J connectivity index is 1.88. The lowest BCUT2D eigenvalue weighted by Crippen LogP contribution is -2.23. The molecule has 1 unspecified atom stereocenters. The Kier molecular flexibility index (Phi) is 5.26. The Labute approximate surface area is 117 Å². The van der Waals surface area contributed by atoms with Gasteiger partial charge in [-0.25, -0.2) is 0 Å². The highest BCUT2D eigenvalue weighted by atomic mass is 16.5. The number of nitrogens with one attached hydrogen (secondary N) is 1. The fourth-order valence-electron chi connectivity index (χ4n) is 2.80. The van der Waals surface area contributed by atoms with Gasteiger partial charge in [0.15, 0.2) is 0 Å². The van der Waals surface area contributed by atoms with Gasteiger partial charge >= 0.3 is 0 Å². The van der Waals surface area contributed by atoms with Gasteiger partial charge in [-0.05, 0) is 62.8 Å². The lowest BCUT2D eigenvalue weighted by molar-refractivity contribution is 0.135. The Bertz CT molecular complexity index is 365. The van der Waals surface area contributed by atoms with Gasteiger partial charge in [-0.1, -0.05) is 26.0 Å². The molecule has 0 bridgehead atoms. The molecule has 1 fully saturated rings. The van der Waals surface area contributed by atoms with Gasteiger partial charge in [0.2, 0.25) is 0 Å². The van der Waals surface area contributed by atoms with E-state index in [2.05, 4.69) is 50.4 Å². The molecule has 1 aliphatic rings. The molecule has 1 aromatic carbocycles. The van der Waals surface area contributed by atoms with Crippen molar-refractivity contribution in [2.75, 3.05) is 6.54 Å². The van der Waals surface area contributed by atoms with Crippen LogP contribution in [0.5, 0.6) is 5.75 Å². The molecule has 1 atom stereocenters. The summed E-state index contributed by atoms with van der Waals surface area (Å²) in [7, 11) is 0. The molecule has 0 amide bonds. The van der Waals surface area contributed by atoms with Gasteiger partial charge in [-0.2, -0.15) is 0 Å². The summed E-state index contributed by atoms with van der Waals surface area (Å²) in [5.41, 5.74) is 1.33. The molecule has 1 saturated carbocycles. The van der Waals surface area contributed by atoms with E-state index in [1.165, 1.54) is 31.2 Å². The number of benzene rings is 1. The first-order valence-corrected chi connectivity index (χ1v) is 7.69. The number of ether oxygens (including phenoxy) is 1. The van der Waals surface area contributed by atoms with E-state index in [9.17, 15) is 0 Å². The van der Waals surface area contributed by atoms with Crippen LogP contribution in [0, 0.1) is 5.92 Å². The predicted octanol–water partition coefficient (Wildman–Crippen LogP) is 4.31. The van der Waals surface area contributed by atoms with E-state index in [1.54, 1.807) is 0 Å². The highest BCUT2D eigenvalue weighted by molar-refractivity contribution is 5.29. The highest BCUT2D eigenvalue weighted by Crippen LogP contribution is 2.27. The van der Waals surface area contributed by atoms with Crippen molar-refractivity contribution in [3.63, 3.8) is 0 Å². The van der Waals surface area contributed by atoms with E-state index in [0.29, 0.717) is 12.1 Å². The van der Waals surface area contributed by atoms with Gasteiger partial charge in [0.25, 0.3) is 0 Å². The molecular formula is C17H27NO. The Morgan fingerprint density at radius 1 is 1.16 bits per heavy atom. The van der Waals surface area contributed by atoms with Crippen LogP contribution in [0.1, 0.15) is 58.1 Å². The zero-order chi connectivity index (χ0) is 13.7. The second-order valence-electron chi connectivity index (χ2n) is 5.85. The molecule has 0 heterocycles. The zero-order valence-electron chi connectivity index (χ0n) is 12.5. The molecule has 2 rings (SSSR count). The lowest BCUT2D eigenvalue weighted by atomic mass is 9.89. The molecule has 0 spiro atoms. The van der Waals surface area contributed by atoms with Gasteiger partial charge in [0.05, 0.1) is 6.10 Å². The first-order valence-electron chi connectivity index (χ1n) is 7.69. The topological polar surface area (TPSA) is 21.3 Å². The Morgan fingerprint density at radius 3 is 2.37 bits per heavy atom. The normalized spacial score (nSPS) is 25.0. The molecule has 0 aliphatic heterocycles. The lowest BCUT2D eigenvalue weighted by Gasteiger charge is -2.27. The molecule has 2 heteroatoms. The molecule has 0 radical (unpaired) electrons. The largest absolute Gasteiger partial charge is 0.490 e. The molecule has 0 saturated heterocycles. The average molecular weight is 261 g/mol. The van der Waals surface area contributed by atoms with Gasteiger partial charge < -0.3 is 10.1 Å².